The molecule has 0 aliphatic carbocycles. The lowest BCUT2D eigenvalue weighted by Gasteiger charge is -2.27. The largest absolute Gasteiger partial charge is 0.385 e. The third-order valence-electron chi connectivity index (χ3n) is 3.70. The molecule has 3 rings (SSSR count). The van der Waals surface area contributed by atoms with Gasteiger partial charge in [0.2, 0.25) is 5.95 Å². The van der Waals surface area contributed by atoms with Gasteiger partial charge in [-0.05, 0) is 18.6 Å². The monoisotopic (exact) mass is 302 g/mol. The molecule has 118 valence electrons. The zero-order valence-corrected chi connectivity index (χ0v) is 12.9. The first-order chi connectivity index (χ1) is 10.9. The van der Waals surface area contributed by atoms with Gasteiger partial charge in [-0.25, -0.2) is 4.98 Å². The van der Waals surface area contributed by atoms with Gasteiger partial charge in [0.25, 0.3) is 0 Å². The minimum absolute atomic E-state index is 0.729. The van der Waals surface area contributed by atoms with Crippen LogP contribution in [0.3, 0.4) is 0 Å². The van der Waals surface area contributed by atoms with Gasteiger partial charge >= 0.3 is 0 Å². The minimum Gasteiger partial charge on any atom is -0.385 e. The number of aromatic nitrogens is 2. The predicted octanol–water partition coefficient (Wildman–Crippen LogP) is 1.91. The highest BCUT2D eigenvalue weighted by molar-refractivity contribution is 5.90. The summed E-state index contributed by atoms with van der Waals surface area (Å²) in [4.78, 5) is 11.6. The third kappa shape index (κ3) is 3.45. The van der Waals surface area contributed by atoms with E-state index in [1.165, 1.54) is 0 Å². The first-order valence-electron chi connectivity index (χ1n) is 7.71. The van der Waals surface area contributed by atoms with Crippen molar-refractivity contribution in [2.75, 3.05) is 56.8 Å². The normalized spacial score (nSPS) is 15.2. The Morgan fingerprint density at radius 2 is 2.05 bits per heavy atom. The molecule has 6 heteroatoms. The Balaban J connectivity index is 1.86. The molecule has 1 aromatic carbocycles. The van der Waals surface area contributed by atoms with Crippen LogP contribution in [-0.2, 0) is 9.47 Å². The summed E-state index contributed by atoms with van der Waals surface area (Å²) in [5.74, 6) is 1.67. The van der Waals surface area contributed by atoms with Gasteiger partial charge in [0, 0.05) is 38.7 Å². The molecule has 0 radical (unpaired) electrons. The van der Waals surface area contributed by atoms with E-state index in [0.29, 0.717) is 0 Å². The third-order valence-corrected chi connectivity index (χ3v) is 3.70. The number of ether oxygens (including phenoxy) is 2. The highest BCUT2D eigenvalue weighted by Gasteiger charge is 2.16. The van der Waals surface area contributed by atoms with Crippen molar-refractivity contribution in [3.05, 3.63) is 24.3 Å². The number of fused-ring (bicyclic) bond motifs is 1. The molecule has 6 nitrogen and oxygen atoms in total. The SMILES string of the molecule is COCCCNc1nc(N2CCOCC2)nc2ccccc12. The Hall–Kier alpha value is -1.92. The van der Waals surface area contributed by atoms with Crippen LogP contribution in [0.15, 0.2) is 24.3 Å². The molecule has 0 unspecified atom stereocenters. The number of benzene rings is 1. The highest BCUT2D eigenvalue weighted by atomic mass is 16.5. The van der Waals surface area contributed by atoms with Gasteiger partial charge in [-0.1, -0.05) is 12.1 Å². The Labute approximate surface area is 130 Å². The Morgan fingerprint density at radius 1 is 1.23 bits per heavy atom. The number of para-hydroxylation sites is 1. The van der Waals surface area contributed by atoms with E-state index in [2.05, 4.69) is 16.3 Å². The number of hydrogen-bond donors (Lipinski definition) is 1. The van der Waals surface area contributed by atoms with Crippen molar-refractivity contribution in [2.24, 2.45) is 0 Å². The molecule has 1 N–H and O–H groups in total. The molecule has 1 aliphatic heterocycles. The number of anilines is 2. The lowest BCUT2D eigenvalue weighted by atomic mass is 10.2. The molecule has 22 heavy (non-hydrogen) atoms. The molecule has 0 spiro atoms. The molecule has 0 atom stereocenters. The van der Waals surface area contributed by atoms with E-state index < -0.39 is 0 Å². The maximum absolute atomic E-state index is 5.40. The van der Waals surface area contributed by atoms with Crippen LogP contribution in [0.2, 0.25) is 0 Å². The van der Waals surface area contributed by atoms with Crippen molar-refractivity contribution < 1.29 is 9.47 Å². The van der Waals surface area contributed by atoms with Crippen LogP contribution >= 0.6 is 0 Å². The second kappa shape index (κ2) is 7.38. The molecular weight excluding hydrogens is 280 g/mol. The number of methoxy groups -OCH3 is 1. The fourth-order valence-electron chi connectivity index (χ4n) is 2.53. The van der Waals surface area contributed by atoms with E-state index >= 15 is 0 Å². The summed E-state index contributed by atoms with van der Waals surface area (Å²) in [5, 5.41) is 4.47. The van der Waals surface area contributed by atoms with Crippen molar-refractivity contribution >= 4 is 22.7 Å². The lowest BCUT2D eigenvalue weighted by molar-refractivity contribution is 0.122. The average molecular weight is 302 g/mol. The van der Waals surface area contributed by atoms with Gasteiger partial charge in [0.05, 0.1) is 18.7 Å². The topological polar surface area (TPSA) is 59.5 Å². The zero-order valence-electron chi connectivity index (χ0n) is 12.9. The van der Waals surface area contributed by atoms with Crippen molar-refractivity contribution in [1.82, 2.24) is 9.97 Å². The molecule has 0 amide bonds. The van der Waals surface area contributed by atoms with E-state index in [1.54, 1.807) is 7.11 Å². The van der Waals surface area contributed by atoms with E-state index in [0.717, 1.165) is 68.5 Å². The summed E-state index contributed by atoms with van der Waals surface area (Å²) >= 11 is 0. The van der Waals surface area contributed by atoms with Crippen LogP contribution in [0.5, 0.6) is 0 Å². The van der Waals surface area contributed by atoms with E-state index in [-0.39, 0.29) is 0 Å². The zero-order chi connectivity index (χ0) is 15.2. The highest BCUT2D eigenvalue weighted by Crippen LogP contribution is 2.23. The standard InChI is InChI=1S/C16H22N4O2/c1-21-10-4-7-17-15-13-5-2-3-6-14(13)18-16(19-15)20-8-11-22-12-9-20/h2-3,5-6H,4,7-12H2,1H3,(H,17,18,19). The maximum atomic E-state index is 5.40. The molecule has 0 saturated carbocycles. The summed E-state index contributed by atoms with van der Waals surface area (Å²) in [6.07, 6.45) is 0.946. The Kier molecular flexibility index (Phi) is 5.03. The minimum atomic E-state index is 0.729. The van der Waals surface area contributed by atoms with Crippen molar-refractivity contribution in [2.45, 2.75) is 6.42 Å². The van der Waals surface area contributed by atoms with Crippen molar-refractivity contribution in [1.29, 1.82) is 0 Å². The van der Waals surface area contributed by atoms with Crippen LogP contribution in [0.4, 0.5) is 11.8 Å². The Bertz CT molecular complexity index is 614. The van der Waals surface area contributed by atoms with Crippen LogP contribution in [-0.4, -0.2) is 56.5 Å². The van der Waals surface area contributed by atoms with Gasteiger partial charge in [0.1, 0.15) is 5.82 Å². The number of nitrogens with one attached hydrogen (secondary N) is 1. The number of hydrogen-bond acceptors (Lipinski definition) is 6. The molecule has 1 fully saturated rings. The van der Waals surface area contributed by atoms with Crippen LogP contribution in [0, 0.1) is 0 Å². The number of nitrogens with zero attached hydrogens (tertiary/aromatic N) is 3. The first-order valence-corrected chi connectivity index (χ1v) is 7.71. The second-order valence-electron chi connectivity index (χ2n) is 5.26. The summed E-state index contributed by atoms with van der Waals surface area (Å²) in [6.45, 7) is 4.70. The summed E-state index contributed by atoms with van der Waals surface area (Å²) in [7, 11) is 1.72. The summed E-state index contributed by atoms with van der Waals surface area (Å²) in [6, 6.07) is 8.10. The maximum Gasteiger partial charge on any atom is 0.228 e. The second-order valence-corrected chi connectivity index (χ2v) is 5.26. The average Bonchev–Trinajstić information content (AvgIpc) is 2.59. The molecule has 1 saturated heterocycles. The number of morpholine rings is 1. The summed E-state index contributed by atoms with van der Waals surface area (Å²) in [5.41, 5.74) is 0.966. The van der Waals surface area contributed by atoms with Crippen LogP contribution < -0.4 is 10.2 Å². The molecule has 2 aromatic rings. The van der Waals surface area contributed by atoms with E-state index in [9.17, 15) is 0 Å². The smallest absolute Gasteiger partial charge is 0.228 e. The Morgan fingerprint density at radius 3 is 2.86 bits per heavy atom. The van der Waals surface area contributed by atoms with Gasteiger partial charge in [-0.2, -0.15) is 4.98 Å². The first kappa shape index (κ1) is 15.0. The fraction of sp³-hybridized carbons (Fsp3) is 0.500. The van der Waals surface area contributed by atoms with Crippen molar-refractivity contribution in [3.8, 4) is 0 Å². The molecular formula is C16H22N4O2. The van der Waals surface area contributed by atoms with Gasteiger partial charge < -0.3 is 19.7 Å². The van der Waals surface area contributed by atoms with Gasteiger partial charge in [-0.3, -0.25) is 0 Å². The quantitative estimate of drug-likeness (QED) is 0.823. The molecule has 2 heterocycles. The molecule has 1 aromatic heterocycles. The van der Waals surface area contributed by atoms with E-state index in [1.807, 2.05) is 18.2 Å². The summed E-state index contributed by atoms with van der Waals surface area (Å²) < 4.78 is 10.5. The number of rotatable bonds is 6. The lowest BCUT2D eigenvalue weighted by Crippen LogP contribution is -2.37. The van der Waals surface area contributed by atoms with Crippen LogP contribution in [0.25, 0.3) is 10.9 Å². The fourth-order valence-corrected chi connectivity index (χ4v) is 2.53. The van der Waals surface area contributed by atoms with Crippen molar-refractivity contribution in [3.63, 3.8) is 0 Å². The predicted molar refractivity (Wildman–Crippen MR) is 87.6 cm³/mol. The molecule has 0 bridgehead atoms. The van der Waals surface area contributed by atoms with Gasteiger partial charge in [-0.15, -0.1) is 0 Å². The van der Waals surface area contributed by atoms with E-state index in [4.69, 9.17) is 19.4 Å². The molecule has 1 aliphatic rings. The van der Waals surface area contributed by atoms with Crippen LogP contribution in [0.1, 0.15) is 6.42 Å². The van der Waals surface area contributed by atoms with Gasteiger partial charge in [0.15, 0.2) is 0 Å².